The Hall–Kier alpha value is -2.96. The van der Waals surface area contributed by atoms with Crippen molar-refractivity contribution in [1.29, 1.82) is 0 Å². The number of carbonyl (C=O) groups excluding carboxylic acids is 1. The van der Waals surface area contributed by atoms with Crippen molar-refractivity contribution in [2.45, 2.75) is 0 Å². The number of rotatable bonds is 4. The van der Waals surface area contributed by atoms with E-state index in [1.165, 1.54) is 12.3 Å². The van der Waals surface area contributed by atoms with Gasteiger partial charge in [-0.15, -0.1) is 0 Å². The maximum absolute atomic E-state index is 11.6. The Kier molecular flexibility index (Phi) is 3.90. The second kappa shape index (κ2) is 5.79. The van der Waals surface area contributed by atoms with Crippen molar-refractivity contribution >= 4 is 11.9 Å². The number of pyridine rings is 2. The summed E-state index contributed by atoms with van der Waals surface area (Å²) < 4.78 is 0. The van der Waals surface area contributed by atoms with E-state index < -0.39 is 18.4 Å². The average Bonchev–Trinajstić information content (AvgIpc) is 2.45. The van der Waals surface area contributed by atoms with Crippen LogP contribution in [-0.4, -0.2) is 38.6 Å². The van der Waals surface area contributed by atoms with Gasteiger partial charge < -0.3 is 15.5 Å². The summed E-state index contributed by atoms with van der Waals surface area (Å²) in [7, 11) is 0. The highest BCUT2D eigenvalue weighted by Crippen LogP contribution is 2.23. The molecule has 7 heteroatoms. The van der Waals surface area contributed by atoms with Gasteiger partial charge in [0, 0.05) is 29.7 Å². The number of nitrogens with zero attached hydrogens (tertiary/aromatic N) is 2. The Bertz CT molecular complexity index is 643. The number of carboxylic acid groups (broad SMARTS) is 1. The third-order valence-electron chi connectivity index (χ3n) is 2.48. The smallest absolute Gasteiger partial charge is 0.322 e. The molecule has 0 spiro atoms. The largest absolute Gasteiger partial charge is 0.505 e. The Morgan fingerprint density at radius 1 is 1.25 bits per heavy atom. The first-order valence-electron chi connectivity index (χ1n) is 5.67. The molecule has 0 radical (unpaired) electrons. The number of carbonyl (C=O) groups is 2. The summed E-state index contributed by atoms with van der Waals surface area (Å²) in [6.45, 7) is -0.537. The fourth-order valence-electron chi connectivity index (χ4n) is 1.56. The molecular weight excluding hydrogens is 262 g/mol. The van der Waals surface area contributed by atoms with Crippen LogP contribution in [0.25, 0.3) is 11.1 Å². The number of aromatic hydroxyl groups is 1. The van der Waals surface area contributed by atoms with Crippen LogP contribution in [0.4, 0.5) is 0 Å². The van der Waals surface area contributed by atoms with E-state index in [0.29, 0.717) is 5.56 Å². The standard InChI is InChI=1S/C13H11N3O4/c17-10-4-9(8-2-1-3-14-5-8)6-15-12(10)13(20)16-7-11(18)19/h1-6,17H,7H2,(H,16,20)(H,18,19). The molecule has 0 aliphatic carbocycles. The van der Waals surface area contributed by atoms with Gasteiger partial charge in [0.25, 0.3) is 5.91 Å². The number of hydrogen-bond acceptors (Lipinski definition) is 5. The number of carboxylic acids is 1. The van der Waals surface area contributed by atoms with Gasteiger partial charge in [0.05, 0.1) is 0 Å². The lowest BCUT2D eigenvalue weighted by Crippen LogP contribution is -2.29. The quantitative estimate of drug-likeness (QED) is 0.754. The van der Waals surface area contributed by atoms with Gasteiger partial charge >= 0.3 is 5.97 Å². The molecule has 3 N–H and O–H groups in total. The summed E-state index contributed by atoms with van der Waals surface area (Å²) in [5, 5.41) is 20.4. The van der Waals surface area contributed by atoms with Gasteiger partial charge in [-0.05, 0) is 12.1 Å². The minimum atomic E-state index is -1.18. The molecule has 0 atom stereocenters. The van der Waals surface area contributed by atoms with E-state index in [1.807, 2.05) is 0 Å². The van der Waals surface area contributed by atoms with Gasteiger partial charge in [-0.1, -0.05) is 6.07 Å². The van der Waals surface area contributed by atoms with Gasteiger partial charge in [-0.2, -0.15) is 0 Å². The van der Waals surface area contributed by atoms with Gasteiger partial charge in [0.15, 0.2) is 5.69 Å². The van der Waals surface area contributed by atoms with Gasteiger partial charge in [0.1, 0.15) is 12.3 Å². The lowest BCUT2D eigenvalue weighted by atomic mass is 10.1. The third-order valence-corrected chi connectivity index (χ3v) is 2.48. The third kappa shape index (κ3) is 3.08. The Morgan fingerprint density at radius 2 is 2.05 bits per heavy atom. The highest BCUT2D eigenvalue weighted by molar-refractivity contribution is 5.96. The summed E-state index contributed by atoms with van der Waals surface area (Å²) in [4.78, 5) is 29.8. The van der Waals surface area contributed by atoms with Gasteiger partial charge in [0.2, 0.25) is 0 Å². The van der Waals surface area contributed by atoms with Crippen molar-refractivity contribution in [2.24, 2.45) is 0 Å². The second-order valence-corrected chi connectivity index (χ2v) is 3.91. The summed E-state index contributed by atoms with van der Waals surface area (Å²) in [5.41, 5.74) is 1.12. The number of aromatic nitrogens is 2. The maximum Gasteiger partial charge on any atom is 0.322 e. The summed E-state index contributed by atoms with van der Waals surface area (Å²) >= 11 is 0. The highest BCUT2D eigenvalue weighted by Gasteiger charge is 2.14. The predicted molar refractivity (Wildman–Crippen MR) is 69.1 cm³/mol. The van der Waals surface area contributed by atoms with Crippen molar-refractivity contribution in [3.05, 3.63) is 42.5 Å². The van der Waals surface area contributed by atoms with Crippen LogP contribution in [-0.2, 0) is 4.79 Å². The predicted octanol–water partition coefficient (Wildman–Crippen LogP) is 0.664. The van der Waals surface area contributed by atoms with E-state index >= 15 is 0 Å². The summed E-state index contributed by atoms with van der Waals surface area (Å²) in [5.74, 6) is -2.25. The van der Waals surface area contributed by atoms with Crippen molar-refractivity contribution in [3.63, 3.8) is 0 Å². The van der Waals surface area contributed by atoms with Crippen molar-refractivity contribution < 1.29 is 19.8 Å². The van der Waals surface area contributed by atoms with E-state index in [-0.39, 0.29) is 11.4 Å². The summed E-state index contributed by atoms with van der Waals surface area (Å²) in [6.07, 6.45) is 4.62. The van der Waals surface area contributed by atoms with Crippen LogP contribution in [0.15, 0.2) is 36.8 Å². The molecule has 2 heterocycles. The number of aliphatic carboxylic acids is 1. The fourth-order valence-corrected chi connectivity index (χ4v) is 1.56. The average molecular weight is 273 g/mol. The first-order chi connectivity index (χ1) is 9.58. The van der Waals surface area contributed by atoms with E-state index in [4.69, 9.17) is 5.11 Å². The van der Waals surface area contributed by atoms with Crippen molar-refractivity contribution in [1.82, 2.24) is 15.3 Å². The zero-order chi connectivity index (χ0) is 14.5. The molecule has 0 aliphatic heterocycles. The van der Waals surface area contributed by atoms with E-state index in [2.05, 4.69) is 15.3 Å². The molecule has 2 aromatic heterocycles. The van der Waals surface area contributed by atoms with Gasteiger partial charge in [-0.25, -0.2) is 4.98 Å². The molecule has 2 rings (SSSR count). The number of amides is 1. The van der Waals surface area contributed by atoms with Crippen LogP contribution < -0.4 is 5.32 Å². The second-order valence-electron chi connectivity index (χ2n) is 3.91. The zero-order valence-corrected chi connectivity index (χ0v) is 10.3. The Morgan fingerprint density at radius 3 is 2.65 bits per heavy atom. The molecule has 0 aromatic carbocycles. The Balaban J connectivity index is 2.22. The van der Waals surface area contributed by atoms with Crippen LogP contribution in [0.1, 0.15) is 10.5 Å². The molecule has 7 nitrogen and oxygen atoms in total. The molecule has 0 saturated carbocycles. The normalized spacial score (nSPS) is 10.0. The minimum absolute atomic E-state index is 0.223. The number of hydrogen-bond donors (Lipinski definition) is 3. The SMILES string of the molecule is O=C(O)CNC(=O)c1ncc(-c2cccnc2)cc1O. The monoisotopic (exact) mass is 273 g/mol. The fraction of sp³-hybridized carbons (Fsp3) is 0.0769. The summed E-state index contributed by atoms with van der Waals surface area (Å²) in [6, 6.07) is 4.90. The molecule has 1 amide bonds. The maximum atomic E-state index is 11.6. The van der Waals surface area contributed by atoms with Crippen LogP contribution in [0.3, 0.4) is 0 Å². The van der Waals surface area contributed by atoms with Gasteiger partial charge in [-0.3, -0.25) is 14.6 Å². The lowest BCUT2D eigenvalue weighted by Gasteiger charge is -2.06. The highest BCUT2D eigenvalue weighted by atomic mass is 16.4. The molecule has 2 aromatic rings. The van der Waals surface area contributed by atoms with Crippen molar-refractivity contribution in [2.75, 3.05) is 6.54 Å². The van der Waals surface area contributed by atoms with E-state index in [1.54, 1.807) is 24.5 Å². The first-order valence-corrected chi connectivity index (χ1v) is 5.67. The Labute approximate surface area is 113 Å². The molecule has 0 bridgehead atoms. The molecule has 0 saturated heterocycles. The van der Waals surface area contributed by atoms with Crippen LogP contribution in [0, 0.1) is 0 Å². The van der Waals surface area contributed by atoms with E-state index in [9.17, 15) is 14.7 Å². The molecule has 0 aliphatic rings. The van der Waals surface area contributed by atoms with Crippen molar-refractivity contribution in [3.8, 4) is 16.9 Å². The minimum Gasteiger partial charge on any atom is -0.505 e. The number of nitrogens with one attached hydrogen (secondary N) is 1. The molecule has 102 valence electrons. The molecular formula is C13H11N3O4. The molecule has 20 heavy (non-hydrogen) atoms. The zero-order valence-electron chi connectivity index (χ0n) is 10.3. The van der Waals surface area contributed by atoms with Crippen LogP contribution >= 0.6 is 0 Å². The lowest BCUT2D eigenvalue weighted by molar-refractivity contribution is -0.135. The first kappa shape index (κ1) is 13.5. The molecule has 0 unspecified atom stereocenters. The van der Waals surface area contributed by atoms with Crippen LogP contribution in [0.5, 0.6) is 5.75 Å². The molecule has 0 fully saturated rings. The van der Waals surface area contributed by atoms with Crippen LogP contribution in [0.2, 0.25) is 0 Å². The van der Waals surface area contributed by atoms with E-state index in [0.717, 1.165) is 5.56 Å². The topological polar surface area (TPSA) is 112 Å².